The van der Waals surface area contributed by atoms with Gasteiger partial charge in [-0.3, -0.25) is 4.79 Å². The molecule has 2 heteroatoms. The second-order valence-electron chi connectivity index (χ2n) is 4.45. The lowest BCUT2D eigenvalue weighted by Gasteiger charge is -2.32. The van der Waals surface area contributed by atoms with Crippen LogP contribution < -0.4 is 0 Å². The van der Waals surface area contributed by atoms with Crippen LogP contribution in [0.3, 0.4) is 0 Å². The second-order valence-corrected chi connectivity index (χ2v) is 4.45. The van der Waals surface area contributed by atoms with E-state index in [4.69, 9.17) is 4.74 Å². The molecule has 1 aliphatic heterocycles. The van der Waals surface area contributed by atoms with Crippen molar-refractivity contribution in [3.05, 3.63) is 35.4 Å². The number of hydrogen-bond donors (Lipinski definition) is 0. The van der Waals surface area contributed by atoms with Crippen LogP contribution in [0.2, 0.25) is 0 Å². The molecule has 1 aromatic carbocycles. The van der Waals surface area contributed by atoms with Crippen LogP contribution in [0.15, 0.2) is 24.3 Å². The zero-order valence-electron chi connectivity index (χ0n) is 8.66. The van der Waals surface area contributed by atoms with E-state index in [0.29, 0.717) is 12.2 Å². The molecule has 1 fully saturated rings. The molecule has 0 aromatic heterocycles. The van der Waals surface area contributed by atoms with Crippen molar-refractivity contribution in [2.75, 3.05) is 13.2 Å². The number of fused-ring (bicyclic) bond motifs is 2. The summed E-state index contributed by atoms with van der Waals surface area (Å²) in [6, 6.07) is 8.25. The molecule has 0 atom stereocenters. The molecular formula is C13H14O2. The average molecular weight is 202 g/mol. The molecule has 0 radical (unpaired) electrons. The first kappa shape index (κ1) is 9.10. The molecule has 1 aliphatic carbocycles. The maximum Gasteiger partial charge on any atom is 0.147 e. The molecule has 0 N–H and O–H groups in total. The zero-order chi connectivity index (χ0) is 10.3. The van der Waals surface area contributed by atoms with E-state index in [-0.39, 0.29) is 5.41 Å². The number of ketones is 1. The molecule has 0 bridgehead atoms. The number of carbonyl (C=O) groups excluding carboxylic acids is 1. The summed E-state index contributed by atoms with van der Waals surface area (Å²) in [4.78, 5) is 12.2. The molecule has 15 heavy (non-hydrogen) atoms. The van der Waals surface area contributed by atoms with E-state index in [1.165, 1.54) is 11.1 Å². The van der Waals surface area contributed by atoms with Gasteiger partial charge in [-0.1, -0.05) is 24.3 Å². The predicted molar refractivity (Wildman–Crippen MR) is 56.9 cm³/mol. The van der Waals surface area contributed by atoms with Gasteiger partial charge in [0, 0.05) is 19.6 Å². The first-order valence-electron chi connectivity index (χ1n) is 5.52. The van der Waals surface area contributed by atoms with Crippen LogP contribution in [-0.4, -0.2) is 19.0 Å². The van der Waals surface area contributed by atoms with E-state index in [9.17, 15) is 4.79 Å². The molecule has 1 heterocycles. The molecule has 1 aromatic rings. The van der Waals surface area contributed by atoms with Gasteiger partial charge in [0.15, 0.2) is 0 Å². The second kappa shape index (κ2) is 3.17. The fourth-order valence-electron chi connectivity index (χ4n) is 2.90. The van der Waals surface area contributed by atoms with Crippen molar-refractivity contribution in [1.29, 1.82) is 0 Å². The van der Waals surface area contributed by atoms with Crippen molar-refractivity contribution in [2.45, 2.75) is 24.7 Å². The van der Waals surface area contributed by atoms with Crippen molar-refractivity contribution in [3.8, 4) is 0 Å². The normalized spacial score (nSPS) is 23.1. The van der Waals surface area contributed by atoms with Crippen molar-refractivity contribution < 1.29 is 9.53 Å². The van der Waals surface area contributed by atoms with Crippen molar-refractivity contribution >= 4 is 5.78 Å². The van der Waals surface area contributed by atoms with Gasteiger partial charge in [-0.05, 0) is 24.0 Å². The first-order chi connectivity index (χ1) is 7.33. The highest BCUT2D eigenvalue weighted by Gasteiger charge is 2.46. The summed E-state index contributed by atoms with van der Waals surface area (Å²) >= 11 is 0. The highest BCUT2D eigenvalue weighted by molar-refractivity contribution is 5.96. The number of rotatable bonds is 0. The van der Waals surface area contributed by atoms with Gasteiger partial charge < -0.3 is 4.74 Å². The van der Waals surface area contributed by atoms with Gasteiger partial charge in [0.05, 0.1) is 5.41 Å². The number of carbonyl (C=O) groups is 1. The predicted octanol–water partition coefficient (Wildman–Crippen LogP) is 1.86. The molecule has 78 valence electrons. The Labute approximate surface area is 89.2 Å². The Hall–Kier alpha value is -1.15. The zero-order valence-corrected chi connectivity index (χ0v) is 8.66. The van der Waals surface area contributed by atoms with Gasteiger partial charge in [0.1, 0.15) is 5.78 Å². The summed E-state index contributed by atoms with van der Waals surface area (Å²) in [6.45, 7) is 1.44. The average Bonchev–Trinajstić information content (AvgIpc) is 2.55. The summed E-state index contributed by atoms with van der Waals surface area (Å²) in [6.07, 6.45) is 2.35. The Morgan fingerprint density at radius 1 is 1.13 bits per heavy atom. The van der Waals surface area contributed by atoms with Crippen LogP contribution >= 0.6 is 0 Å². The minimum absolute atomic E-state index is 0.200. The third-order valence-electron chi connectivity index (χ3n) is 3.76. The molecule has 0 saturated carbocycles. The van der Waals surface area contributed by atoms with Gasteiger partial charge in [-0.15, -0.1) is 0 Å². The Bertz CT molecular complexity index is 403. The molecule has 1 saturated heterocycles. The van der Waals surface area contributed by atoms with Crippen LogP contribution in [0.5, 0.6) is 0 Å². The third kappa shape index (κ3) is 1.18. The summed E-state index contributed by atoms with van der Waals surface area (Å²) in [5, 5.41) is 0. The summed E-state index contributed by atoms with van der Waals surface area (Å²) < 4.78 is 5.37. The van der Waals surface area contributed by atoms with E-state index >= 15 is 0 Å². The van der Waals surface area contributed by atoms with Crippen LogP contribution in [-0.2, 0) is 21.4 Å². The first-order valence-corrected chi connectivity index (χ1v) is 5.52. The summed E-state index contributed by atoms with van der Waals surface area (Å²) in [5.41, 5.74) is 2.29. The lowest BCUT2D eigenvalue weighted by Crippen LogP contribution is -2.38. The standard InChI is InChI=1S/C13H14O2/c14-12-9-10-3-1-2-4-11(10)13(12)5-7-15-8-6-13/h1-4H,5-9H2. The molecule has 1 spiro atoms. The van der Waals surface area contributed by atoms with Crippen LogP contribution in [0.4, 0.5) is 0 Å². The third-order valence-corrected chi connectivity index (χ3v) is 3.76. The van der Waals surface area contributed by atoms with Crippen molar-refractivity contribution in [1.82, 2.24) is 0 Å². The number of benzene rings is 1. The molecule has 2 aliphatic rings. The highest BCUT2D eigenvalue weighted by atomic mass is 16.5. The minimum Gasteiger partial charge on any atom is -0.381 e. The number of ether oxygens (including phenoxy) is 1. The Morgan fingerprint density at radius 3 is 2.67 bits per heavy atom. The van der Waals surface area contributed by atoms with Gasteiger partial charge in [-0.25, -0.2) is 0 Å². The molecule has 3 rings (SSSR count). The van der Waals surface area contributed by atoms with E-state index < -0.39 is 0 Å². The monoisotopic (exact) mass is 202 g/mol. The molecule has 2 nitrogen and oxygen atoms in total. The van der Waals surface area contributed by atoms with Gasteiger partial charge in [0.25, 0.3) is 0 Å². The molecule has 0 unspecified atom stereocenters. The van der Waals surface area contributed by atoms with E-state index in [0.717, 1.165) is 26.1 Å². The fraction of sp³-hybridized carbons (Fsp3) is 0.462. The quantitative estimate of drug-likeness (QED) is 0.642. The van der Waals surface area contributed by atoms with E-state index in [1.54, 1.807) is 0 Å². The highest BCUT2D eigenvalue weighted by Crippen LogP contribution is 2.43. The largest absolute Gasteiger partial charge is 0.381 e. The topological polar surface area (TPSA) is 26.3 Å². The lowest BCUT2D eigenvalue weighted by molar-refractivity contribution is -0.126. The summed E-state index contributed by atoms with van der Waals surface area (Å²) in [7, 11) is 0. The maximum absolute atomic E-state index is 12.2. The number of hydrogen-bond acceptors (Lipinski definition) is 2. The van der Waals surface area contributed by atoms with Crippen LogP contribution in [0.1, 0.15) is 24.0 Å². The van der Waals surface area contributed by atoms with Gasteiger partial charge in [0.2, 0.25) is 0 Å². The number of Topliss-reactive ketones (excluding diaryl/α,β-unsaturated/α-hetero) is 1. The van der Waals surface area contributed by atoms with Crippen LogP contribution in [0, 0.1) is 0 Å². The van der Waals surface area contributed by atoms with Gasteiger partial charge >= 0.3 is 0 Å². The van der Waals surface area contributed by atoms with Crippen LogP contribution in [0.25, 0.3) is 0 Å². The van der Waals surface area contributed by atoms with Crippen molar-refractivity contribution in [3.63, 3.8) is 0 Å². The Balaban J connectivity index is 2.11. The maximum atomic E-state index is 12.2. The van der Waals surface area contributed by atoms with E-state index in [2.05, 4.69) is 12.1 Å². The summed E-state index contributed by atoms with van der Waals surface area (Å²) in [5.74, 6) is 0.395. The molecule has 0 amide bonds. The van der Waals surface area contributed by atoms with E-state index in [1.807, 2.05) is 12.1 Å². The lowest BCUT2D eigenvalue weighted by atomic mass is 9.74. The van der Waals surface area contributed by atoms with Gasteiger partial charge in [-0.2, -0.15) is 0 Å². The Kier molecular flexibility index (Phi) is 1.93. The Morgan fingerprint density at radius 2 is 1.87 bits per heavy atom. The SMILES string of the molecule is O=C1Cc2ccccc2C12CCOCC2. The van der Waals surface area contributed by atoms with Crippen molar-refractivity contribution in [2.24, 2.45) is 0 Å². The molecular weight excluding hydrogens is 188 g/mol. The smallest absolute Gasteiger partial charge is 0.147 e. The minimum atomic E-state index is -0.200. The fourth-order valence-corrected chi connectivity index (χ4v) is 2.90.